The van der Waals surface area contributed by atoms with E-state index in [-0.39, 0.29) is 34.3 Å². The maximum atomic E-state index is 13.2. The Bertz CT molecular complexity index is 1270. The number of ether oxygens (including phenoxy) is 1. The summed E-state index contributed by atoms with van der Waals surface area (Å²) < 4.78 is 36.4. The van der Waals surface area contributed by atoms with Crippen molar-refractivity contribution < 1.29 is 22.7 Å². The average molecular weight is 473 g/mol. The van der Waals surface area contributed by atoms with Crippen LogP contribution >= 0.6 is 11.5 Å². The van der Waals surface area contributed by atoms with Gasteiger partial charge in [0.05, 0.1) is 11.5 Å². The number of anilines is 1. The molecule has 32 heavy (non-hydrogen) atoms. The predicted molar refractivity (Wildman–Crippen MR) is 118 cm³/mol. The molecule has 166 valence electrons. The molecule has 1 aliphatic heterocycles. The first kappa shape index (κ1) is 22.1. The summed E-state index contributed by atoms with van der Waals surface area (Å²) in [5.74, 6) is -1.28. The summed E-state index contributed by atoms with van der Waals surface area (Å²) in [6.45, 7) is 2.46. The number of hydrogen-bond acceptors (Lipinski definition) is 8. The summed E-state index contributed by atoms with van der Waals surface area (Å²) >= 11 is 0.832. The van der Waals surface area contributed by atoms with E-state index in [0.717, 1.165) is 22.7 Å². The Morgan fingerprint density at radius 3 is 2.72 bits per heavy atom. The number of rotatable bonds is 6. The zero-order valence-electron chi connectivity index (χ0n) is 17.1. The smallest absolute Gasteiger partial charge is 0.362 e. The molecule has 0 radical (unpaired) electrons. The number of carbonyl (C=O) groups is 2. The molecule has 3 aromatic rings. The molecule has 11 heteroatoms. The van der Waals surface area contributed by atoms with Crippen LogP contribution in [0.5, 0.6) is 0 Å². The number of aromatic nitrogens is 2. The molecule has 0 fully saturated rings. The lowest BCUT2D eigenvalue weighted by Gasteiger charge is -2.28. The molecule has 0 saturated heterocycles. The molecule has 9 nitrogen and oxygen atoms in total. The van der Waals surface area contributed by atoms with E-state index in [9.17, 15) is 18.0 Å². The highest BCUT2D eigenvalue weighted by molar-refractivity contribution is 7.89. The molecule has 1 N–H and O–H groups in total. The van der Waals surface area contributed by atoms with Gasteiger partial charge in [-0.05, 0) is 42.7 Å². The van der Waals surface area contributed by atoms with E-state index in [2.05, 4.69) is 14.9 Å². The number of esters is 1. The second kappa shape index (κ2) is 9.15. The van der Waals surface area contributed by atoms with E-state index in [1.165, 1.54) is 28.6 Å². The van der Waals surface area contributed by atoms with Crippen LogP contribution in [0.2, 0.25) is 0 Å². The largest absolute Gasteiger partial charge is 0.461 e. The quantitative estimate of drug-likeness (QED) is 0.548. The molecular weight excluding hydrogens is 452 g/mol. The minimum atomic E-state index is -3.79. The van der Waals surface area contributed by atoms with Gasteiger partial charge in [0, 0.05) is 30.2 Å². The van der Waals surface area contributed by atoms with E-state index in [0.29, 0.717) is 13.0 Å². The van der Waals surface area contributed by atoms with Crippen LogP contribution in [-0.4, -0.2) is 47.3 Å². The van der Waals surface area contributed by atoms with E-state index < -0.39 is 21.9 Å². The van der Waals surface area contributed by atoms with Crippen molar-refractivity contribution in [2.45, 2.75) is 24.8 Å². The third-order valence-electron chi connectivity index (χ3n) is 5.01. The summed E-state index contributed by atoms with van der Waals surface area (Å²) in [6.07, 6.45) is 0.630. The van der Waals surface area contributed by atoms with Gasteiger partial charge >= 0.3 is 5.97 Å². The van der Waals surface area contributed by atoms with Gasteiger partial charge in [-0.1, -0.05) is 34.8 Å². The molecule has 1 aliphatic rings. The van der Waals surface area contributed by atoms with Crippen LogP contribution < -0.4 is 5.32 Å². The highest BCUT2D eigenvalue weighted by Crippen LogP contribution is 2.26. The third kappa shape index (κ3) is 4.40. The molecule has 2 aromatic carbocycles. The van der Waals surface area contributed by atoms with Crippen molar-refractivity contribution in [3.63, 3.8) is 0 Å². The molecule has 2 heterocycles. The second-order valence-electron chi connectivity index (χ2n) is 7.01. The number of fused-ring (bicyclic) bond motifs is 1. The second-order valence-corrected chi connectivity index (χ2v) is 9.70. The molecule has 0 bridgehead atoms. The minimum absolute atomic E-state index is 0.0255. The highest BCUT2D eigenvalue weighted by atomic mass is 32.2. The van der Waals surface area contributed by atoms with Crippen molar-refractivity contribution in [3.8, 4) is 0 Å². The number of nitrogens with zero attached hydrogens (tertiary/aromatic N) is 3. The maximum absolute atomic E-state index is 13.2. The zero-order valence-corrected chi connectivity index (χ0v) is 18.8. The number of carbonyl (C=O) groups excluding carboxylic acids is 2. The van der Waals surface area contributed by atoms with Gasteiger partial charge in [-0.15, -0.1) is 5.10 Å². The van der Waals surface area contributed by atoms with Crippen molar-refractivity contribution in [2.75, 3.05) is 18.5 Å². The van der Waals surface area contributed by atoms with Gasteiger partial charge in [0.15, 0.2) is 5.00 Å². The van der Waals surface area contributed by atoms with Crippen LogP contribution in [0.25, 0.3) is 0 Å². The molecule has 1 amide bonds. The summed E-state index contributed by atoms with van der Waals surface area (Å²) in [5.41, 5.74) is 2.15. The van der Waals surface area contributed by atoms with Gasteiger partial charge in [-0.25, -0.2) is 13.2 Å². The standard InChI is InChI=1S/C21H20N4O5S2/c1-2-30-21(27)18-20(31-24-23-18)22-19(26)15-8-5-9-17(12-15)32(28,29)25-11-10-14-6-3-4-7-16(14)13-25/h3-9,12H,2,10-11,13H2,1H3,(H,22,26). The molecule has 0 saturated carbocycles. The number of benzene rings is 2. The Morgan fingerprint density at radius 1 is 1.16 bits per heavy atom. The first-order valence-corrected chi connectivity index (χ1v) is 12.1. The molecule has 0 unspecified atom stereocenters. The molecule has 4 rings (SSSR count). The fourth-order valence-corrected chi connectivity index (χ4v) is 5.42. The summed E-state index contributed by atoms with van der Waals surface area (Å²) in [7, 11) is -3.79. The fourth-order valence-electron chi connectivity index (χ4n) is 3.40. The summed E-state index contributed by atoms with van der Waals surface area (Å²) in [6, 6.07) is 13.5. The molecular formula is C21H20N4O5S2. The molecule has 0 atom stereocenters. The van der Waals surface area contributed by atoms with Gasteiger partial charge in [0.25, 0.3) is 5.91 Å². The number of amides is 1. The van der Waals surface area contributed by atoms with Gasteiger partial charge < -0.3 is 10.1 Å². The minimum Gasteiger partial charge on any atom is -0.461 e. The van der Waals surface area contributed by atoms with Crippen LogP contribution in [0.1, 0.15) is 38.9 Å². The van der Waals surface area contributed by atoms with Crippen molar-refractivity contribution in [2.24, 2.45) is 0 Å². The predicted octanol–water partition coefficient (Wildman–Crippen LogP) is 2.71. The van der Waals surface area contributed by atoms with Gasteiger partial charge in [0.2, 0.25) is 15.7 Å². The van der Waals surface area contributed by atoms with Crippen molar-refractivity contribution in [1.82, 2.24) is 13.9 Å². The van der Waals surface area contributed by atoms with Gasteiger partial charge in [-0.3, -0.25) is 4.79 Å². The summed E-state index contributed by atoms with van der Waals surface area (Å²) in [4.78, 5) is 24.7. The SMILES string of the molecule is CCOC(=O)c1nnsc1NC(=O)c1cccc(S(=O)(=O)N2CCc3ccccc3C2)c1. The zero-order chi connectivity index (χ0) is 22.7. The first-order chi connectivity index (χ1) is 15.4. The Labute approximate surface area is 189 Å². The third-order valence-corrected chi connectivity index (χ3v) is 7.50. The molecule has 1 aromatic heterocycles. The molecule has 0 spiro atoms. The number of sulfonamides is 1. The van der Waals surface area contributed by atoms with E-state index >= 15 is 0 Å². The van der Waals surface area contributed by atoms with E-state index in [1.54, 1.807) is 6.92 Å². The van der Waals surface area contributed by atoms with Gasteiger partial charge in [-0.2, -0.15) is 4.31 Å². The highest BCUT2D eigenvalue weighted by Gasteiger charge is 2.29. The lowest BCUT2D eigenvalue weighted by molar-refractivity contribution is 0.0520. The van der Waals surface area contributed by atoms with Crippen molar-refractivity contribution >= 4 is 38.4 Å². The fraction of sp³-hybridized carbons (Fsp3) is 0.238. The first-order valence-electron chi connectivity index (χ1n) is 9.88. The van der Waals surface area contributed by atoms with Gasteiger partial charge in [0.1, 0.15) is 0 Å². The maximum Gasteiger partial charge on any atom is 0.362 e. The van der Waals surface area contributed by atoms with Crippen molar-refractivity contribution in [1.29, 1.82) is 0 Å². The number of hydrogen-bond donors (Lipinski definition) is 1. The van der Waals surface area contributed by atoms with Crippen LogP contribution in [0.4, 0.5) is 5.00 Å². The monoisotopic (exact) mass is 472 g/mol. The Kier molecular flexibility index (Phi) is 6.31. The van der Waals surface area contributed by atoms with Crippen molar-refractivity contribution in [3.05, 3.63) is 70.9 Å². The lowest BCUT2D eigenvalue weighted by atomic mass is 10.0. The summed E-state index contributed by atoms with van der Waals surface area (Å²) in [5, 5.41) is 6.39. The topological polar surface area (TPSA) is 119 Å². The Balaban J connectivity index is 1.54. The lowest BCUT2D eigenvalue weighted by Crippen LogP contribution is -2.36. The average Bonchev–Trinajstić information content (AvgIpc) is 3.27. The normalized spacial score (nSPS) is 13.9. The molecule has 0 aliphatic carbocycles. The van der Waals surface area contributed by atoms with Crippen LogP contribution in [-0.2, 0) is 27.7 Å². The number of nitrogens with one attached hydrogen (secondary N) is 1. The van der Waals surface area contributed by atoms with E-state index in [4.69, 9.17) is 4.74 Å². The van der Waals surface area contributed by atoms with E-state index in [1.807, 2.05) is 24.3 Å². The van der Waals surface area contributed by atoms with Crippen LogP contribution in [0.3, 0.4) is 0 Å². The Hall–Kier alpha value is -3.15. The van der Waals surface area contributed by atoms with Crippen LogP contribution in [0.15, 0.2) is 53.4 Å². The van der Waals surface area contributed by atoms with Crippen LogP contribution in [0, 0.1) is 0 Å². The Morgan fingerprint density at radius 2 is 1.94 bits per heavy atom.